The second-order valence-corrected chi connectivity index (χ2v) is 6.62. The van der Waals surface area contributed by atoms with E-state index in [4.69, 9.17) is 0 Å². The van der Waals surface area contributed by atoms with Crippen molar-refractivity contribution in [3.63, 3.8) is 0 Å². The van der Waals surface area contributed by atoms with E-state index in [1.165, 1.54) is 0 Å². The predicted octanol–water partition coefficient (Wildman–Crippen LogP) is -3.39. The fraction of sp³-hybridized carbons (Fsp3) is 0. The van der Waals surface area contributed by atoms with Crippen molar-refractivity contribution in [2.75, 3.05) is 0 Å². The Hall–Kier alpha value is -0.785. The van der Waals surface area contributed by atoms with E-state index in [2.05, 4.69) is 9.37 Å². The largest absolute Gasteiger partial charge is 1.00 e. The van der Waals surface area contributed by atoms with E-state index in [1.54, 1.807) is 0 Å². The van der Waals surface area contributed by atoms with Gasteiger partial charge in [-0.1, -0.05) is 0 Å². The minimum Gasteiger partial charge on any atom is -0.744 e. The molecule has 154 valence electrons. The van der Waals surface area contributed by atoms with Crippen LogP contribution in [0.25, 0.3) is 11.1 Å². The third kappa shape index (κ3) is 4.99. The number of hydrogen-bond donors (Lipinski definition) is 0. The van der Waals surface area contributed by atoms with Gasteiger partial charge in [0.1, 0.15) is 19.9 Å². The van der Waals surface area contributed by atoms with E-state index in [0.717, 1.165) is 0 Å². The summed E-state index contributed by atoms with van der Waals surface area (Å²) >= 11 is -0.695. The quantitative estimate of drug-likeness (QED) is 0.0856. The molecule has 0 saturated carbocycles. The van der Waals surface area contributed by atoms with Gasteiger partial charge < -0.3 is 9.81 Å². The van der Waals surface area contributed by atoms with Crippen LogP contribution in [0, 0.1) is 46.5 Å². The van der Waals surface area contributed by atoms with Crippen LogP contribution in [0.15, 0.2) is 9.79 Å². The first-order valence-corrected chi connectivity index (χ1v) is 8.32. The Kier molecular flexibility index (Phi) is 10.4. The van der Waals surface area contributed by atoms with Crippen LogP contribution < -0.4 is 43.0 Å². The van der Waals surface area contributed by atoms with Gasteiger partial charge in [0.2, 0.25) is 0 Å². The van der Waals surface area contributed by atoms with Gasteiger partial charge in [0.05, 0.1) is 23.2 Å². The van der Waals surface area contributed by atoms with Crippen molar-refractivity contribution in [3.05, 3.63) is 46.5 Å². The second-order valence-electron chi connectivity index (χ2n) is 4.59. The summed E-state index contributed by atoms with van der Waals surface area (Å²) in [5.74, 6) is -21.5. The van der Waals surface area contributed by atoms with Crippen LogP contribution in [-0.4, -0.2) is 13.0 Å². The van der Waals surface area contributed by atoms with Gasteiger partial charge in [-0.15, -0.1) is 0 Å². The Morgan fingerprint density at radius 2 is 1.00 bits per heavy atom. The van der Waals surface area contributed by atoms with Crippen LogP contribution in [0.4, 0.5) is 35.1 Å². The van der Waals surface area contributed by atoms with Crippen LogP contribution >= 0.6 is 12.0 Å². The standard InChI is InChI=1S/C12H2F8O6S2.2Li/c13-3-1(4(14)8(18)11(7(3)17)27-26-25-21)2-5(15)9(19)12(28(22,23)24)10(20)6(2)16;;/h21H,(H,22,23,24);;/q;2*+1/p-2. The minimum absolute atomic E-state index is 0. The zero-order valence-electron chi connectivity index (χ0n) is 14.3. The normalized spacial score (nSPS) is 11.1. The topological polar surface area (TPSA) is 98.7 Å². The van der Waals surface area contributed by atoms with Gasteiger partial charge in [-0.3, -0.25) is 5.04 Å². The number of halogens is 8. The molecule has 0 radical (unpaired) electrons. The Labute approximate surface area is 189 Å². The molecule has 0 saturated heterocycles. The molecule has 0 bridgehead atoms. The summed E-state index contributed by atoms with van der Waals surface area (Å²) in [6.45, 7) is 0. The summed E-state index contributed by atoms with van der Waals surface area (Å²) in [6, 6.07) is 0. The molecule has 30 heavy (non-hydrogen) atoms. The molecule has 0 amide bonds. The fourth-order valence-corrected chi connectivity index (χ4v) is 3.04. The van der Waals surface area contributed by atoms with Gasteiger partial charge in [0.25, 0.3) is 0 Å². The van der Waals surface area contributed by atoms with Gasteiger partial charge in [0, 0.05) is 0 Å². The molecule has 0 spiro atoms. The fourth-order valence-electron chi connectivity index (χ4n) is 2.00. The van der Waals surface area contributed by atoms with Crippen LogP contribution in [0.5, 0.6) is 0 Å². The minimum atomic E-state index is -6.14. The van der Waals surface area contributed by atoms with E-state index in [9.17, 15) is 53.4 Å². The summed E-state index contributed by atoms with van der Waals surface area (Å²) in [4.78, 5) is -4.36. The van der Waals surface area contributed by atoms with Crippen molar-refractivity contribution >= 4 is 22.2 Å². The van der Waals surface area contributed by atoms with E-state index in [0.29, 0.717) is 0 Å². The summed E-state index contributed by atoms with van der Waals surface area (Å²) < 4.78 is 147. The van der Waals surface area contributed by atoms with Crippen molar-refractivity contribution < 1.29 is 100 Å². The molecule has 2 aromatic carbocycles. The molecule has 0 fully saturated rings. The zero-order chi connectivity index (χ0) is 21.5. The number of benzene rings is 2. The third-order valence-electron chi connectivity index (χ3n) is 3.09. The van der Waals surface area contributed by atoms with Crippen LogP contribution in [-0.2, 0) is 19.5 Å². The van der Waals surface area contributed by atoms with Gasteiger partial charge in [0.15, 0.2) is 46.5 Å². The zero-order valence-corrected chi connectivity index (χ0v) is 15.9. The maximum absolute atomic E-state index is 14.0. The van der Waals surface area contributed by atoms with Gasteiger partial charge in [-0.05, 0) is 0 Å². The molecule has 0 unspecified atom stereocenters. The van der Waals surface area contributed by atoms with Crippen molar-refractivity contribution in [2.45, 2.75) is 9.79 Å². The average molecular weight is 470 g/mol. The van der Waals surface area contributed by atoms with E-state index >= 15 is 0 Å². The first-order chi connectivity index (χ1) is 12.9. The van der Waals surface area contributed by atoms with Crippen LogP contribution in [0.1, 0.15) is 0 Å². The van der Waals surface area contributed by atoms with Gasteiger partial charge in [-0.25, -0.2) is 43.5 Å². The monoisotopic (exact) mass is 470 g/mol. The molecular weight excluding hydrogens is 470 g/mol. The van der Waals surface area contributed by atoms with Crippen molar-refractivity contribution in [3.8, 4) is 11.1 Å². The molecule has 0 aliphatic heterocycles. The van der Waals surface area contributed by atoms with E-state index in [-0.39, 0.29) is 37.7 Å². The van der Waals surface area contributed by atoms with E-state index < -0.39 is 89.6 Å². The Bertz CT molecular complexity index is 1030. The van der Waals surface area contributed by atoms with Crippen molar-refractivity contribution in [1.82, 2.24) is 0 Å². The molecule has 0 aromatic heterocycles. The smallest absolute Gasteiger partial charge is 0.744 e. The molecule has 0 aliphatic rings. The first kappa shape index (κ1) is 29.2. The molecule has 2 aromatic rings. The molecule has 0 heterocycles. The summed E-state index contributed by atoms with van der Waals surface area (Å²) in [7, 11) is -6.14. The Balaban J connectivity index is 0.00000420. The predicted molar refractivity (Wildman–Crippen MR) is 67.5 cm³/mol. The number of rotatable bonds is 5. The van der Waals surface area contributed by atoms with E-state index in [1.807, 2.05) is 0 Å². The number of hydrogen-bond acceptors (Lipinski definition) is 7. The molecular formula is C12F8Li2O6S2. The van der Waals surface area contributed by atoms with Gasteiger partial charge >= 0.3 is 37.7 Å². The summed E-state index contributed by atoms with van der Waals surface area (Å²) in [5.41, 5.74) is -4.70. The van der Waals surface area contributed by atoms with Crippen molar-refractivity contribution in [1.29, 1.82) is 0 Å². The molecule has 18 heteroatoms. The first-order valence-electron chi connectivity index (χ1n) is 6.17. The third-order valence-corrected chi connectivity index (χ3v) is 4.60. The maximum Gasteiger partial charge on any atom is 1.00 e. The second kappa shape index (κ2) is 10.7. The Morgan fingerprint density at radius 3 is 1.30 bits per heavy atom. The maximum atomic E-state index is 14.0. The average Bonchev–Trinajstić information content (AvgIpc) is 2.60. The van der Waals surface area contributed by atoms with Crippen molar-refractivity contribution in [2.24, 2.45) is 0 Å². The van der Waals surface area contributed by atoms with Gasteiger partial charge in [-0.2, -0.15) is 4.33 Å². The van der Waals surface area contributed by atoms with Crippen LogP contribution in [0.3, 0.4) is 0 Å². The summed E-state index contributed by atoms with van der Waals surface area (Å²) in [6.07, 6.45) is 0. The van der Waals surface area contributed by atoms with Crippen LogP contribution in [0.2, 0.25) is 0 Å². The molecule has 6 nitrogen and oxygen atoms in total. The molecule has 0 N–H and O–H groups in total. The molecule has 2 rings (SSSR count). The molecule has 0 atom stereocenters. The Morgan fingerprint density at radius 1 is 0.667 bits per heavy atom. The summed E-state index contributed by atoms with van der Waals surface area (Å²) in [5, 5.41) is 12.3. The SMILES string of the molecule is O=S(=O)([O-])c1c(F)c(F)c(-c2c(F)c(F)c(SOO[O-])c(F)c2F)c(F)c1F.[Li+].[Li+]. The molecule has 0 aliphatic carbocycles.